The van der Waals surface area contributed by atoms with Crippen molar-refractivity contribution in [3.63, 3.8) is 0 Å². The maximum absolute atomic E-state index is 13.3. The van der Waals surface area contributed by atoms with Crippen molar-refractivity contribution in [1.82, 2.24) is 9.29 Å². The molecule has 2 aromatic rings. The first-order chi connectivity index (χ1) is 10.9. The number of aryl methyl sites for hydroxylation is 3. The van der Waals surface area contributed by atoms with Gasteiger partial charge < -0.3 is 0 Å². The van der Waals surface area contributed by atoms with Crippen molar-refractivity contribution in [1.29, 1.82) is 0 Å². The molecule has 0 saturated carbocycles. The van der Waals surface area contributed by atoms with E-state index in [0.29, 0.717) is 11.4 Å². The van der Waals surface area contributed by atoms with E-state index in [1.54, 1.807) is 28.5 Å². The largest absolute Gasteiger partial charge is 0.264 e. The van der Waals surface area contributed by atoms with Crippen LogP contribution in [0.15, 0.2) is 41.6 Å². The molecule has 4 nitrogen and oxygen atoms in total. The van der Waals surface area contributed by atoms with E-state index in [0.717, 1.165) is 28.0 Å². The number of sulfonamides is 1. The van der Waals surface area contributed by atoms with Crippen molar-refractivity contribution in [2.24, 2.45) is 0 Å². The van der Waals surface area contributed by atoms with Gasteiger partial charge in [-0.05, 0) is 43.5 Å². The fourth-order valence-electron chi connectivity index (χ4n) is 3.18. The van der Waals surface area contributed by atoms with Crippen LogP contribution in [0.1, 0.15) is 27.6 Å². The topological polar surface area (TPSA) is 50.3 Å². The maximum Gasteiger partial charge on any atom is 0.244 e. The van der Waals surface area contributed by atoms with Gasteiger partial charge in [-0.15, -0.1) is 11.8 Å². The molecule has 1 aliphatic heterocycles. The molecule has 1 atom stereocenters. The fourth-order valence-corrected chi connectivity index (χ4v) is 6.81. The second-order valence-electron chi connectivity index (χ2n) is 5.85. The lowest BCUT2D eigenvalue weighted by atomic mass is 10.1. The molecule has 6 heteroatoms. The third kappa shape index (κ3) is 3.03. The fraction of sp³-hybridized carbons (Fsp3) is 0.353. The van der Waals surface area contributed by atoms with Crippen molar-refractivity contribution in [3.05, 3.63) is 58.9 Å². The maximum atomic E-state index is 13.3. The van der Waals surface area contributed by atoms with Crippen LogP contribution in [0, 0.1) is 20.8 Å². The predicted molar refractivity (Wildman–Crippen MR) is 94.0 cm³/mol. The second-order valence-corrected chi connectivity index (χ2v) is 8.87. The van der Waals surface area contributed by atoms with Crippen molar-refractivity contribution < 1.29 is 8.42 Å². The van der Waals surface area contributed by atoms with Crippen LogP contribution >= 0.6 is 11.8 Å². The van der Waals surface area contributed by atoms with E-state index < -0.39 is 10.0 Å². The summed E-state index contributed by atoms with van der Waals surface area (Å²) in [5.74, 6) is 0.794. The lowest BCUT2D eigenvalue weighted by Crippen LogP contribution is -2.31. The Balaban J connectivity index is 2.06. The molecular weight excluding hydrogens is 328 g/mol. The van der Waals surface area contributed by atoms with Gasteiger partial charge in [0.25, 0.3) is 0 Å². The first-order valence-electron chi connectivity index (χ1n) is 7.52. The van der Waals surface area contributed by atoms with E-state index in [1.165, 1.54) is 0 Å². The van der Waals surface area contributed by atoms with Crippen molar-refractivity contribution in [2.75, 3.05) is 12.3 Å². The number of aromatic nitrogens is 1. The molecule has 0 spiro atoms. The highest BCUT2D eigenvalue weighted by Crippen LogP contribution is 2.42. The summed E-state index contributed by atoms with van der Waals surface area (Å²) >= 11 is 1.65. The minimum absolute atomic E-state index is 0.200. The van der Waals surface area contributed by atoms with Crippen LogP contribution in [0.3, 0.4) is 0 Å². The number of hydrogen-bond acceptors (Lipinski definition) is 4. The number of hydrogen-bond donors (Lipinski definition) is 0. The summed E-state index contributed by atoms with van der Waals surface area (Å²) in [6.45, 7) is 6.25. The molecule has 122 valence electrons. The first kappa shape index (κ1) is 16.5. The Morgan fingerprint density at radius 1 is 1.22 bits per heavy atom. The third-order valence-electron chi connectivity index (χ3n) is 3.99. The molecule has 0 radical (unpaired) electrons. The minimum Gasteiger partial charge on any atom is -0.264 e. The van der Waals surface area contributed by atoms with E-state index in [1.807, 2.05) is 45.0 Å². The summed E-state index contributed by atoms with van der Waals surface area (Å²) in [7, 11) is -3.53. The number of thioether (sulfide) groups is 1. The summed E-state index contributed by atoms with van der Waals surface area (Å²) in [6.07, 6.45) is 3.45. The monoisotopic (exact) mass is 348 g/mol. The van der Waals surface area contributed by atoms with Crippen LogP contribution < -0.4 is 0 Å². The molecule has 0 bridgehead atoms. The average molecular weight is 348 g/mol. The summed E-state index contributed by atoms with van der Waals surface area (Å²) < 4.78 is 28.1. The Labute approximate surface area is 142 Å². The van der Waals surface area contributed by atoms with E-state index in [-0.39, 0.29) is 5.37 Å². The van der Waals surface area contributed by atoms with Crippen molar-refractivity contribution in [2.45, 2.75) is 31.0 Å². The predicted octanol–water partition coefficient (Wildman–Crippen LogP) is 3.44. The molecule has 23 heavy (non-hydrogen) atoms. The lowest BCUT2D eigenvalue weighted by molar-refractivity contribution is 0.433. The summed E-state index contributed by atoms with van der Waals surface area (Å²) in [5.41, 5.74) is 3.63. The Kier molecular flexibility index (Phi) is 4.49. The molecule has 3 rings (SSSR count). The Bertz CT molecular complexity index is 797. The number of benzene rings is 1. The molecule has 1 saturated heterocycles. The van der Waals surface area contributed by atoms with Crippen LogP contribution in [0.4, 0.5) is 0 Å². The van der Waals surface area contributed by atoms with Crippen molar-refractivity contribution >= 4 is 21.8 Å². The Hall–Kier alpha value is -1.37. The zero-order chi connectivity index (χ0) is 16.6. The number of rotatable bonds is 3. The molecule has 1 aromatic heterocycles. The van der Waals surface area contributed by atoms with Gasteiger partial charge in [0.2, 0.25) is 10.0 Å². The van der Waals surface area contributed by atoms with E-state index in [9.17, 15) is 8.42 Å². The second kappa shape index (κ2) is 6.26. The minimum atomic E-state index is -3.53. The van der Waals surface area contributed by atoms with Crippen LogP contribution in [-0.2, 0) is 10.0 Å². The summed E-state index contributed by atoms with van der Waals surface area (Å²) in [4.78, 5) is 4.57. The van der Waals surface area contributed by atoms with Gasteiger partial charge in [0.15, 0.2) is 0 Å². The normalized spacial score (nSPS) is 19.2. The van der Waals surface area contributed by atoms with Gasteiger partial charge in [-0.25, -0.2) is 8.42 Å². The van der Waals surface area contributed by atoms with Gasteiger partial charge in [-0.2, -0.15) is 4.31 Å². The lowest BCUT2D eigenvalue weighted by Gasteiger charge is -2.25. The van der Waals surface area contributed by atoms with Crippen LogP contribution in [0.2, 0.25) is 0 Å². The highest BCUT2D eigenvalue weighted by molar-refractivity contribution is 8.01. The summed E-state index contributed by atoms with van der Waals surface area (Å²) in [5, 5.41) is -0.200. The van der Waals surface area contributed by atoms with Crippen LogP contribution in [-0.4, -0.2) is 30.0 Å². The van der Waals surface area contributed by atoms with Gasteiger partial charge >= 0.3 is 0 Å². The third-order valence-corrected chi connectivity index (χ3v) is 7.55. The first-order valence-corrected chi connectivity index (χ1v) is 10.0. The average Bonchev–Trinajstić information content (AvgIpc) is 2.97. The highest BCUT2D eigenvalue weighted by Gasteiger charge is 2.38. The zero-order valence-corrected chi connectivity index (χ0v) is 15.1. The van der Waals surface area contributed by atoms with Crippen LogP contribution in [0.5, 0.6) is 0 Å². The van der Waals surface area contributed by atoms with E-state index >= 15 is 0 Å². The van der Waals surface area contributed by atoms with Gasteiger partial charge in [-0.3, -0.25) is 4.98 Å². The number of pyridine rings is 1. The molecule has 1 fully saturated rings. The SMILES string of the molecule is Cc1cc(C)c(S(=O)(=O)N2CCSC2c2cccnc2)c(C)c1. The molecule has 0 N–H and O–H groups in total. The molecule has 1 aliphatic rings. The quantitative estimate of drug-likeness (QED) is 0.852. The van der Waals surface area contributed by atoms with Crippen molar-refractivity contribution in [3.8, 4) is 0 Å². The smallest absolute Gasteiger partial charge is 0.244 e. The van der Waals surface area contributed by atoms with E-state index in [4.69, 9.17) is 0 Å². The van der Waals surface area contributed by atoms with Gasteiger partial charge in [0.1, 0.15) is 0 Å². The Morgan fingerprint density at radius 2 is 1.91 bits per heavy atom. The molecule has 0 amide bonds. The zero-order valence-electron chi connectivity index (χ0n) is 13.5. The molecular formula is C17H20N2O2S2. The molecule has 1 unspecified atom stereocenters. The van der Waals surface area contributed by atoms with Gasteiger partial charge in [-0.1, -0.05) is 23.8 Å². The van der Waals surface area contributed by atoms with Gasteiger partial charge in [0.05, 0.1) is 10.3 Å². The Morgan fingerprint density at radius 3 is 2.52 bits per heavy atom. The van der Waals surface area contributed by atoms with Gasteiger partial charge in [0, 0.05) is 24.7 Å². The standard InChI is InChI=1S/C17H20N2O2S2/c1-12-9-13(2)16(14(3)10-12)23(20,21)19-7-8-22-17(19)15-5-4-6-18-11-15/h4-6,9-11,17H,7-8H2,1-3H3. The number of nitrogens with zero attached hydrogens (tertiary/aromatic N) is 2. The highest BCUT2D eigenvalue weighted by atomic mass is 32.2. The molecule has 1 aromatic carbocycles. The van der Waals surface area contributed by atoms with E-state index in [2.05, 4.69) is 4.98 Å². The van der Waals surface area contributed by atoms with Crippen LogP contribution in [0.25, 0.3) is 0 Å². The molecule has 0 aliphatic carbocycles. The molecule has 2 heterocycles. The summed E-state index contributed by atoms with van der Waals surface area (Å²) in [6, 6.07) is 7.65.